The fourth-order valence-corrected chi connectivity index (χ4v) is 1.98. The minimum Gasteiger partial charge on any atom is -0.346 e. The zero-order valence-corrected chi connectivity index (χ0v) is 10.2. The number of hydrogen-bond acceptors (Lipinski definition) is 2. The molecule has 0 spiro atoms. The van der Waals surface area contributed by atoms with Crippen molar-refractivity contribution in [2.24, 2.45) is 0 Å². The Morgan fingerprint density at radius 1 is 1.12 bits per heavy atom. The number of ether oxygens (including phenoxy) is 2. The van der Waals surface area contributed by atoms with E-state index in [1.807, 2.05) is 0 Å². The molecule has 88 valence electrons. The van der Waals surface area contributed by atoms with Gasteiger partial charge in [0.15, 0.2) is 5.79 Å². The Kier molecular flexibility index (Phi) is 3.62. The Morgan fingerprint density at radius 3 is 2.19 bits per heavy atom. The monoisotopic (exact) mass is 220 g/mol. The molecule has 1 aliphatic rings. The summed E-state index contributed by atoms with van der Waals surface area (Å²) in [4.78, 5) is 0. The van der Waals surface area contributed by atoms with Crippen LogP contribution in [0.1, 0.15) is 44.2 Å². The maximum atomic E-state index is 5.90. The van der Waals surface area contributed by atoms with E-state index in [0.29, 0.717) is 13.2 Å². The van der Waals surface area contributed by atoms with Crippen LogP contribution in [0.4, 0.5) is 0 Å². The molecule has 0 aliphatic carbocycles. The number of hydrogen-bond donors (Lipinski definition) is 0. The van der Waals surface area contributed by atoms with Crippen LogP contribution in [0.3, 0.4) is 0 Å². The summed E-state index contributed by atoms with van der Waals surface area (Å²) in [7, 11) is 0. The predicted octanol–water partition coefficient (Wildman–Crippen LogP) is 3.64. The molecule has 2 nitrogen and oxygen atoms in total. The van der Waals surface area contributed by atoms with Gasteiger partial charge in [-0.15, -0.1) is 0 Å². The van der Waals surface area contributed by atoms with E-state index in [9.17, 15) is 0 Å². The molecule has 16 heavy (non-hydrogen) atoms. The molecule has 2 heteroatoms. The van der Waals surface area contributed by atoms with Gasteiger partial charge in [-0.3, -0.25) is 0 Å². The smallest absolute Gasteiger partial charge is 0.166 e. The zero-order chi connectivity index (χ0) is 11.4. The molecule has 2 rings (SSSR count). The molecule has 0 saturated heterocycles. The maximum Gasteiger partial charge on any atom is 0.166 e. The van der Waals surface area contributed by atoms with Gasteiger partial charge < -0.3 is 9.47 Å². The Morgan fingerprint density at radius 2 is 1.69 bits per heavy atom. The lowest BCUT2D eigenvalue weighted by Gasteiger charge is -2.27. The summed E-state index contributed by atoms with van der Waals surface area (Å²) in [6.45, 7) is 5.57. The van der Waals surface area contributed by atoms with Crippen LogP contribution >= 0.6 is 0 Å². The van der Waals surface area contributed by atoms with E-state index in [4.69, 9.17) is 9.47 Å². The van der Waals surface area contributed by atoms with Gasteiger partial charge in [0.2, 0.25) is 0 Å². The quantitative estimate of drug-likeness (QED) is 0.774. The molecule has 0 atom stereocenters. The van der Waals surface area contributed by atoms with Gasteiger partial charge in [0, 0.05) is 6.42 Å². The average molecular weight is 220 g/mol. The van der Waals surface area contributed by atoms with Crippen molar-refractivity contribution in [2.75, 3.05) is 0 Å². The molecule has 1 aromatic rings. The first kappa shape index (κ1) is 11.6. The number of rotatable bonds is 3. The molecule has 0 aromatic heterocycles. The molecule has 1 aliphatic heterocycles. The van der Waals surface area contributed by atoms with Crippen LogP contribution in [0.5, 0.6) is 0 Å². The Bertz CT molecular complexity index is 319. The number of fused-ring (bicyclic) bond motifs is 1. The lowest BCUT2D eigenvalue weighted by atomic mass is 10.1. The van der Waals surface area contributed by atoms with E-state index in [1.165, 1.54) is 17.5 Å². The summed E-state index contributed by atoms with van der Waals surface area (Å²) in [5, 5.41) is 0. The highest BCUT2D eigenvalue weighted by Gasteiger charge is 2.28. The van der Waals surface area contributed by atoms with E-state index in [-0.39, 0.29) is 0 Å². The molecule has 0 unspecified atom stereocenters. The van der Waals surface area contributed by atoms with E-state index >= 15 is 0 Å². The van der Waals surface area contributed by atoms with Crippen molar-refractivity contribution in [3.63, 3.8) is 0 Å². The van der Waals surface area contributed by atoms with Gasteiger partial charge in [-0.05, 0) is 24.5 Å². The highest BCUT2D eigenvalue weighted by atomic mass is 16.7. The Hall–Kier alpha value is -0.860. The second kappa shape index (κ2) is 4.98. The van der Waals surface area contributed by atoms with Crippen LogP contribution in [-0.4, -0.2) is 5.79 Å². The van der Waals surface area contributed by atoms with Crippen LogP contribution in [0, 0.1) is 0 Å². The lowest BCUT2D eigenvalue weighted by molar-refractivity contribution is -0.236. The molecule has 1 heterocycles. The first-order valence-corrected chi connectivity index (χ1v) is 6.08. The third-order valence-electron chi connectivity index (χ3n) is 3.17. The van der Waals surface area contributed by atoms with Crippen LogP contribution in [0.25, 0.3) is 0 Å². The van der Waals surface area contributed by atoms with Gasteiger partial charge in [0.05, 0.1) is 13.2 Å². The maximum absolute atomic E-state index is 5.90. The van der Waals surface area contributed by atoms with E-state index in [2.05, 4.69) is 38.1 Å². The van der Waals surface area contributed by atoms with Crippen LogP contribution in [0.2, 0.25) is 0 Å². The van der Waals surface area contributed by atoms with Crippen LogP contribution in [-0.2, 0) is 22.7 Å². The molecule has 0 radical (unpaired) electrons. The molecule has 0 amide bonds. The van der Waals surface area contributed by atoms with Crippen LogP contribution in [0.15, 0.2) is 24.3 Å². The molecule has 0 fully saturated rings. The van der Waals surface area contributed by atoms with E-state index < -0.39 is 5.79 Å². The largest absolute Gasteiger partial charge is 0.346 e. The van der Waals surface area contributed by atoms with Crippen molar-refractivity contribution in [3.8, 4) is 0 Å². The molecule has 0 N–H and O–H groups in total. The highest BCUT2D eigenvalue weighted by molar-refractivity contribution is 5.26. The minimum absolute atomic E-state index is 0.408. The van der Waals surface area contributed by atoms with Crippen molar-refractivity contribution in [2.45, 2.75) is 52.1 Å². The van der Waals surface area contributed by atoms with Crippen LogP contribution < -0.4 is 0 Å². The Labute approximate surface area is 97.6 Å². The first-order valence-electron chi connectivity index (χ1n) is 6.08. The molecule has 1 aromatic carbocycles. The van der Waals surface area contributed by atoms with Crippen molar-refractivity contribution in [1.82, 2.24) is 0 Å². The summed E-state index contributed by atoms with van der Waals surface area (Å²) >= 11 is 0. The normalized spacial score (nSPS) is 18.9. The SMILES string of the molecule is CCCCC1(C)OCc2ccccc2CO1. The molecular weight excluding hydrogens is 200 g/mol. The summed E-state index contributed by atoms with van der Waals surface area (Å²) in [5.74, 6) is -0.408. The fraction of sp³-hybridized carbons (Fsp3) is 0.571. The predicted molar refractivity (Wildman–Crippen MR) is 64.0 cm³/mol. The number of unbranched alkanes of at least 4 members (excludes halogenated alkanes) is 1. The molecule has 0 bridgehead atoms. The summed E-state index contributed by atoms with van der Waals surface area (Å²) in [5.41, 5.74) is 2.51. The average Bonchev–Trinajstić information content (AvgIpc) is 2.48. The summed E-state index contributed by atoms with van der Waals surface area (Å²) in [6.07, 6.45) is 3.29. The van der Waals surface area contributed by atoms with Gasteiger partial charge in [0.25, 0.3) is 0 Å². The van der Waals surface area contributed by atoms with Gasteiger partial charge in [-0.1, -0.05) is 37.6 Å². The van der Waals surface area contributed by atoms with E-state index in [1.54, 1.807) is 0 Å². The number of benzene rings is 1. The topological polar surface area (TPSA) is 18.5 Å². The summed E-state index contributed by atoms with van der Waals surface area (Å²) < 4.78 is 11.8. The van der Waals surface area contributed by atoms with Crippen molar-refractivity contribution < 1.29 is 9.47 Å². The van der Waals surface area contributed by atoms with Gasteiger partial charge in [-0.2, -0.15) is 0 Å². The van der Waals surface area contributed by atoms with Gasteiger partial charge in [0.1, 0.15) is 0 Å². The fourth-order valence-electron chi connectivity index (χ4n) is 1.98. The molecule has 0 saturated carbocycles. The second-order valence-electron chi connectivity index (χ2n) is 4.58. The van der Waals surface area contributed by atoms with Crippen molar-refractivity contribution in [1.29, 1.82) is 0 Å². The minimum atomic E-state index is -0.408. The first-order chi connectivity index (χ1) is 7.73. The molecular formula is C14H20O2. The van der Waals surface area contributed by atoms with Gasteiger partial charge in [-0.25, -0.2) is 0 Å². The van der Waals surface area contributed by atoms with Crippen molar-refractivity contribution in [3.05, 3.63) is 35.4 Å². The second-order valence-corrected chi connectivity index (χ2v) is 4.58. The third kappa shape index (κ3) is 2.63. The van der Waals surface area contributed by atoms with Crippen molar-refractivity contribution >= 4 is 0 Å². The zero-order valence-electron chi connectivity index (χ0n) is 10.2. The lowest BCUT2D eigenvalue weighted by Crippen LogP contribution is -2.30. The standard InChI is InChI=1S/C14H20O2/c1-3-4-9-14(2)15-10-12-7-5-6-8-13(12)11-16-14/h5-8H,3-4,9-11H2,1-2H3. The third-order valence-corrected chi connectivity index (χ3v) is 3.17. The highest BCUT2D eigenvalue weighted by Crippen LogP contribution is 2.28. The van der Waals surface area contributed by atoms with E-state index in [0.717, 1.165) is 12.8 Å². The van der Waals surface area contributed by atoms with Gasteiger partial charge >= 0.3 is 0 Å². The Balaban J connectivity index is 2.06. The summed E-state index contributed by atoms with van der Waals surface area (Å²) in [6, 6.07) is 8.34.